The fourth-order valence-electron chi connectivity index (χ4n) is 3.34. The third kappa shape index (κ3) is 1.17. The molecule has 0 saturated carbocycles. The van der Waals surface area contributed by atoms with Crippen LogP contribution in [0.15, 0.2) is 42.6 Å². The Morgan fingerprint density at radius 1 is 1.14 bits per heavy atom. The van der Waals surface area contributed by atoms with Crippen molar-refractivity contribution in [3.63, 3.8) is 0 Å². The van der Waals surface area contributed by atoms with Crippen molar-refractivity contribution in [1.82, 2.24) is 14.1 Å². The van der Waals surface area contributed by atoms with E-state index in [0.29, 0.717) is 28.9 Å². The van der Waals surface area contributed by atoms with Crippen LogP contribution in [0.25, 0.3) is 33.6 Å². The van der Waals surface area contributed by atoms with E-state index < -0.39 is 14.0 Å². The SMILES string of the molecule is [2H]C([2H])([2H])n1c2[n+](c3c1c1cccnc1n3C([2H])([2H])[2H])Cc1ccccc1-2. The highest BCUT2D eigenvalue weighted by Gasteiger charge is 2.34. The van der Waals surface area contributed by atoms with Gasteiger partial charge in [-0.25, -0.2) is 14.1 Å². The molecule has 4 aromatic rings. The predicted molar refractivity (Wildman–Crippen MR) is 81.9 cm³/mol. The molecule has 0 unspecified atom stereocenters. The minimum absolute atomic E-state index is 0.256. The van der Waals surface area contributed by atoms with Gasteiger partial charge in [0.05, 0.1) is 39.7 Å². The molecule has 1 aliphatic heterocycles. The van der Waals surface area contributed by atoms with Gasteiger partial charge in [-0.3, -0.25) is 4.57 Å². The van der Waals surface area contributed by atoms with E-state index in [1.807, 2.05) is 24.3 Å². The second-order valence-electron chi connectivity index (χ2n) is 5.28. The number of imidazole rings is 1. The molecule has 4 heteroatoms. The van der Waals surface area contributed by atoms with E-state index >= 15 is 0 Å². The second-order valence-corrected chi connectivity index (χ2v) is 5.28. The van der Waals surface area contributed by atoms with Gasteiger partial charge in [0.15, 0.2) is 5.52 Å². The number of fused-ring (bicyclic) bond motifs is 7. The minimum atomic E-state index is -2.50. The molecule has 0 bridgehead atoms. The summed E-state index contributed by atoms with van der Waals surface area (Å²) in [4.78, 5) is 4.25. The van der Waals surface area contributed by atoms with Gasteiger partial charge in [0.1, 0.15) is 0 Å². The van der Waals surface area contributed by atoms with Crippen molar-refractivity contribution in [2.24, 2.45) is 14.0 Å². The van der Waals surface area contributed by atoms with E-state index in [1.54, 1.807) is 16.7 Å². The van der Waals surface area contributed by atoms with Crippen molar-refractivity contribution in [3.05, 3.63) is 48.2 Å². The predicted octanol–water partition coefficient (Wildman–Crippen LogP) is 2.38. The minimum Gasteiger partial charge on any atom is -0.255 e. The molecule has 0 radical (unpaired) electrons. The summed E-state index contributed by atoms with van der Waals surface area (Å²) in [6.07, 6.45) is 1.52. The Hall–Kier alpha value is -2.62. The Morgan fingerprint density at radius 2 is 2.05 bits per heavy atom. The van der Waals surface area contributed by atoms with Gasteiger partial charge in [0, 0.05) is 11.8 Å². The quantitative estimate of drug-likeness (QED) is 0.400. The Balaban J connectivity index is 2.07. The van der Waals surface area contributed by atoms with E-state index in [-0.39, 0.29) is 5.65 Å². The summed E-state index contributed by atoms with van der Waals surface area (Å²) in [7, 11) is 0. The van der Waals surface area contributed by atoms with Crippen molar-refractivity contribution in [1.29, 1.82) is 0 Å². The zero-order chi connectivity index (χ0) is 19.1. The molecule has 0 spiro atoms. The zero-order valence-electron chi connectivity index (χ0n) is 17.0. The van der Waals surface area contributed by atoms with Gasteiger partial charge in [-0.05, 0) is 18.2 Å². The Labute approximate surface area is 130 Å². The number of nitrogens with zero attached hydrogens (tertiary/aromatic N) is 4. The lowest BCUT2D eigenvalue weighted by atomic mass is 10.1. The van der Waals surface area contributed by atoms with Gasteiger partial charge in [-0.15, -0.1) is 0 Å². The monoisotopic (exact) mass is 281 g/mol. The number of pyridine rings is 1. The van der Waals surface area contributed by atoms with E-state index in [9.17, 15) is 0 Å². The van der Waals surface area contributed by atoms with Crippen molar-refractivity contribution < 1.29 is 12.8 Å². The highest BCUT2D eigenvalue weighted by Crippen LogP contribution is 2.34. The first-order valence-corrected chi connectivity index (χ1v) is 6.72. The molecule has 0 amide bonds. The van der Waals surface area contributed by atoms with Crippen LogP contribution in [0.2, 0.25) is 0 Å². The standard InChI is InChI=1S/C17H15N4/c1-19-14-13-8-5-9-18-15(13)20(2)17(14)21-10-11-6-3-4-7-12(11)16(19)21/h3-9H,10H2,1-2H3/q+1/i1D3,2D3. The summed E-state index contributed by atoms with van der Waals surface area (Å²) >= 11 is 0. The third-order valence-corrected chi connectivity index (χ3v) is 4.21. The lowest BCUT2D eigenvalue weighted by molar-refractivity contribution is -0.648. The third-order valence-electron chi connectivity index (χ3n) is 4.21. The molecule has 21 heavy (non-hydrogen) atoms. The van der Waals surface area contributed by atoms with Gasteiger partial charge in [0.25, 0.3) is 5.65 Å². The fraction of sp³-hybridized carbons (Fsp3) is 0.176. The van der Waals surface area contributed by atoms with Gasteiger partial charge in [-0.2, -0.15) is 0 Å². The summed E-state index contributed by atoms with van der Waals surface area (Å²) in [6.45, 7) is -4.55. The molecule has 5 rings (SSSR count). The smallest absolute Gasteiger partial charge is 0.255 e. The number of hydrogen-bond donors (Lipinski definition) is 0. The van der Waals surface area contributed by atoms with Crippen molar-refractivity contribution in [2.75, 3.05) is 0 Å². The van der Waals surface area contributed by atoms with E-state index in [0.717, 1.165) is 11.1 Å². The Morgan fingerprint density at radius 3 is 2.95 bits per heavy atom. The van der Waals surface area contributed by atoms with Crippen molar-refractivity contribution in [3.8, 4) is 11.4 Å². The molecular weight excluding hydrogens is 260 g/mol. The first-order chi connectivity index (χ1) is 12.7. The van der Waals surface area contributed by atoms with Crippen molar-refractivity contribution in [2.45, 2.75) is 6.54 Å². The molecule has 1 aliphatic rings. The first kappa shape index (κ1) is 6.89. The van der Waals surface area contributed by atoms with Crippen LogP contribution < -0.4 is 4.57 Å². The molecule has 4 nitrogen and oxygen atoms in total. The van der Waals surface area contributed by atoms with Crippen LogP contribution in [0, 0.1) is 0 Å². The molecule has 102 valence electrons. The molecule has 4 heterocycles. The normalized spacial score (nSPS) is 18.5. The second kappa shape index (κ2) is 3.52. The van der Waals surface area contributed by atoms with Crippen LogP contribution in [0.5, 0.6) is 0 Å². The molecule has 1 aromatic carbocycles. The molecule has 3 aromatic heterocycles. The maximum Gasteiger partial charge on any atom is 0.271 e. The molecule has 0 aliphatic carbocycles. The van der Waals surface area contributed by atoms with Crippen LogP contribution in [-0.4, -0.2) is 14.1 Å². The highest BCUT2D eigenvalue weighted by atomic mass is 15.2. The number of aryl methyl sites for hydroxylation is 2. The number of hydrogen-bond acceptors (Lipinski definition) is 1. The van der Waals surface area contributed by atoms with E-state index in [1.165, 1.54) is 15.3 Å². The number of rotatable bonds is 0. The largest absolute Gasteiger partial charge is 0.271 e. The molecular formula is C17H15N4+. The van der Waals surface area contributed by atoms with Gasteiger partial charge in [0.2, 0.25) is 11.5 Å². The first-order valence-electron chi connectivity index (χ1n) is 9.72. The fourth-order valence-corrected chi connectivity index (χ4v) is 3.34. The van der Waals surface area contributed by atoms with Crippen LogP contribution in [0.3, 0.4) is 0 Å². The Bertz CT molecular complexity index is 1230. The summed E-state index contributed by atoms with van der Waals surface area (Å²) in [5.41, 5.74) is 2.75. The molecule has 0 saturated heterocycles. The summed E-state index contributed by atoms with van der Waals surface area (Å²) in [6, 6.07) is 11.0. The highest BCUT2D eigenvalue weighted by molar-refractivity contribution is 6.03. The summed E-state index contributed by atoms with van der Waals surface area (Å²) < 4.78 is 52.7. The van der Waals surface area contributed by atoms with Crippen LogP contribution in [-0.2, 0) is 20.5 Å². The summed E-state index contributed by atoms with van der Waals surface area (Å²) in [5.74, 6) is 0.499. The maximum absolute atomic E-state index is 8.13. The topological polar surface area (TPSA) is 26.6 Å². The average molecular weight is 281 g/mol. The van der Waals surface area contributed by atoms with E-state index in [4.69, 9.17) is 8.22 Å². The van der Waals surface area contributed by atoms with Crippen molar-refractivity contribution >= 4 is 22.2 Å². The average Bonchev–Trinajstić information content (AvgIpc) is 3.19. The van der Waals surface area contributed by atoms with Gasteiger partial charge < -0.3 is 0 Å². The summed E-state index contributed by atoms with van der Waals surface area (Å²) in [5, 5.41) is 0.513. The van der Waals surface area contributed by atoms with Crippen LogP contribution in [0.1, 0.15) is 13.8 Å². The maximum atomic E-state index is 8.13. The lowest BCUT2D eigenvalue weighted by Gasteiger charge is -1.97. The lowest BCUT2D eigenvalue weighted by Crippen LogP contribution is -2.33. The van der Waals surface area contributed by atoms with Gasteiger partial charge in [-0.1, -0.05) is 18.2 Å². The number of aromatic nitrogens is 4. The zero-order valence-corrected chi connectivity index (χ0v) is 11.0. The molecule has 0 fully saturated rings. The molecule has 0 N–H and O–H groups in total. The van der Waals surface area contributed by atoms with Crippen LogP contribution in [0.4, 0.5) is 0 Å². The van der Waals surface area contributed by atoms with E-state index in [2.05, 4.69) is 4.98 Å². The Kier molecular flexibility index (Phi) is 1.16. The number of benzene rings is 1. The molecule has 0 atom stereocenters. The van der Waals surface area contributed by atoms with Gasteiger partial charge >= 0.3 is 0 Å². The van der Waals surface area contributed by atoms with Crippen LogP contribution >= 0.6 is 0 Å².